The van der Waals surface area contributed by atoms with E-state index in [4.69, 9.17) is 4.74 Å². The molecule has 0 saturated heterocycles. The molecule has 0 unspecified atom stereocenters. The van der Waals surface area contributed by atoms with E-state index in [1.54, 1.807) is 6.92 Å². The first kappa shape index (κ1) is 17.7. The predicted octanol–water partition coefficient (Wildman–Crippen LogP) is 2.64. The Labute approximate surface area is 146 Å². The van der Waals surface area contributed by atoms with Crippen molar-refractivity contribution < 1.29 is 29.6 Å². The second kappa shape index (κ2) is 6.02. The van der Waals surface area contributed by atoms with E-state index in [9.17, 15) is 24.9 Å². The molecule has 1 fully saturated rings. The van der Waals surface area contributed by atoms with Crippen LogP contribution in [0.1, 0.15) is 67.4 Å². The van der Waals surface area contributed by atoms with Crippen molar-refractivity contribution in [3.8, 4) is 11.5 Å². The van der Waals surface area contributed by atoms with E-state index in [-0.39, 0.29) is 22.8 Å². The molecule has 0 amide bonds. The highest BCUT2D eigenvalue weighted by molar-refractivity contribution is 5.94. The van der Waals surface area contributed by atoms with Crippen LogP contribution in [0.4, 0.5) is 0 Å². The molecule has 6 nitrogen and oxygen atoms in total. The van der Waals surface area contributed by atoms with Crippen LogP contribution in [-0.4, -0.2) is 38.8 Å². The molecule has 0 spiro atoms. The topological polar surface area (TPSA) is 104 Å². The summed E-state index contributed by atoms with van der Waals surface area (Å²) in [6.07, 6.45) is 1.33. The minimum absolute atomic E-state index is 0.0298. The molecule has 0 bridgehead atoms. The molecule has 3 N–H and O–H groups in total. The summed E-state index contributed by atoms with van der Waals surface area (Å²) in [4.78, 5) is 24.0. The third-order valence-corrected chi connectivity index (χ3v) is 5.55. The van der Waals surface area contributed by atoms with Gasteiger partial charge in [-0.1, -0.05) is 13.3 Å². The van der Waals surface area contributed by atoms with Gasteiger partial charge in [0.15, 0.2) is 0 Å². The Kier molecular flexibility index (Phi) is 4.27. The molecule has 4 atom stereocenters. The van der Waals surface area contributed by atoms with Crippen molar-refractivity contribution in [3.63, 3.8) is 0 Å². The molecule has 1 heterocycles. The number of phenolic OH excluding ortho intramolecular Hbond substituents is 1. The van der Waals surface area contributed by atoms with Gasteiger partial charge in [0.1, 0.15) is 28.9 Å². The lowest BCUT2D eigenvalue weighted by Crippen LogP contribution is -2.51. The van der Waals surface area contributed by atoms with E-state index in [0.29, 0.717) is 30.4 Å². The highest BCUT2D eigenvalue weighted by atomic mass is 16.5. The lowest BCUT2D eigenvalue weighted by molar-refractivity contribution is -0.130. The first-order valence-electron chi connectivity index (χ1n) is 8.70. The number of carbonyl (C=O) groups is 2. The number of hydrogen-bond acceptors (Lipinski definition) is 5. The number of phenols is 1. The van der Waals surface area contributed by atoms with Gasteiger partial charge in [-0.3, -0.25) is 4.79 Å². The standard InChI is InChI=1S/C19H24O6/c1-4-5-10-8-12(21)15-14-11(9(2)20)6-7-19(3,24)17(14)25-16(15)13(10)18(22)23/h8,11,14,17,21,24H,4-7H2,1-3H3,(H,22,23)/t11-,14+,17-,19-/m0/s1. The van der Waals surface area contributed by atoms with Gasteiger partial charge in [0.2, 0.25) is 0 Å². The molecule has 1 saturated carbocycles. The normalized spacial score (nSPS) is 30.3. The minimum Gasteiger partial charge on any atom is -0.508 e. The molecule has 1 aromatic carbocycles. The average Bonchev–Trinajstić information content (AvgIpc) is 2.88. The number of carbonyl (C=O) groups excluding carboxylic acids is 1. The summed E-state index contributed by atoms with van der Waals surface area (Å²) in [6.45, 7) is 5.05. The first-order valence-corrected chi connectivity index (χ1v) is 8.70. The quantitative estimate of drug-likeness (QED) is 0.773. The Hall–Kier alpha value is -2.08. The number of aryl methyl sites for hydroxylation is 1. The lowest BCUT2D eigenvalue weighted by atomic mass is 9.67. The maximum Gasteiger partial charge on any atom is 0.339 e. The average molecular weight is 348 g/mol. The molecule has 1 aliphatic carbocycles. The van der Waals surface area contributed by atoms with E-state index in [0.717, 1.165) is 6.42 Å². The second-order valence-electron chi connectivity index (χ2n) is 7.40. The van der Waals surface area contributed by atoms with Gasteiger partial charge in [-0.2, -0.15) is 0 Å². The van der Waals surface area contributed by atoms with Crippen LogP contribution in [0.15, 0.2) is 6.07 Å². The van der Waals surface area contributed by atoms with Crippen LogP contribution in [-0.2, 0) is 11.2 Å². The molecule has 0 radical (unpaired) electrons. The molecule has 1 aromatic rings. The molecule has 6 heteroatoms. The summed E-state index contributed by atoms with van der Waals surface area (Å²) in [5.41, 5.74) is -0.309. The first-order chi connectivity index (χ1) is 11.7. The number of benzene rings is 1. The van der Waals surface area contributed by atoms with E-state index in [2.05, 4.69) is 0 Å². The number of hydrogen-bond donors (Lipinski definition) is 3. The highest BCUT2D eigenvalue weighted by Gasteiger charge is 2.55. The summed E-state index contributed by atoms with van der Waals surface area (Å²) >= 11 is 0. The van der Waals surface area contributed by atoms with E-state index >= 15 is 0 Å². The number of ether oxygens (including phenoxy) is 1. The van der Waals surface area contributed by atoms with Crippen molar-refractivity contribution in [2.45, 2.75) is 64.1 Å². The van der Waals surface area contributed by atoms with Crippen LogP contribution in [0.25, 0.3) is 0 Å². The summed E-state index contributed by atoms with van der Waals surface area (Å²) in [7, 11) is 0. The fourth-order valence-electron chi connectivity index (χ4n) is 4.36. The van der Waals surface area contributed by atoms with Crippen LogP contribution in [0.2, 0.25) is 0 Å². The monoisotopic (exact) mass is 348 g/mol. The van der Waals surface area contributed by atoms with Crippen LogP contribution in [0, 0.1) is 5.92 Å². The zero-order chi connectivity index (χ0) is 18.5. The lowest BCUT2D eigenvalue weighted by Gasteiger charge is -2.41. The van der Waals surface area contributed by atoms with Crippen molar-refractivity contribution in [1.82, 2.24) is 0 Å². The van der Waals surface area contributed by atoms with Gasteiger partial charge in [0.25, 0.3) is 0 Å². The number of aromatic carboxylic acids is 1. The number of carboxylic acid groups (broad SMARTS) is 1. The molecule has 2 aliphatic rings. The van der Waals surface area contributed by atoms with Gasteiger partial charge < -0.3 is 20.1 Å². The Morgan fingerprint density at radius 1 is 1.40 bits per heavy atom. The highest BCUT2D eigenvalue weighted by Crippen LogP contribution is 2.56. The van der Waals surface area contributed by atoms with Crippen molar-refractivity contribution in [2.24, 2.45) is 5.92 Å². The number of aliphatic hydroxyl groups is 1. The van der Waals surface area contributed by atoms with Gasteiger partial charge in [-0.25, -0.2) is 4.79 Å². The van der Waals surface area contributed by atoms with E-state index in [1.165, 1.54) is 13.0 Å². The third-order valence-electron chi connectivity index (χ3n) is 5.55. The summed E-state index contributed by atoms with van der Waals surface area (Å²) in [5.74, 6) is -2.06. The van der Waals surface area contributed by atoms with Gasteiger partial charge in [0, 0.05) is 17.4 Å². The summed E-state index contributed by atoms with van der Waals surface area (Å²) < 4.78 is 5.92. The number of carboxylic acids is 1. The molecule has 136 valence electrons. The molecule has 1 aliphatic heterocycles. The maximum atomic E-state index is 12.1. The predicted molar refractivity (Wildman–Crippen MR) is 90.2 cm³/mol. The minimum atomic E-state index is -1.19. The summed E-state index contributed by atoms with van der Waals surface area (Å²) in [5, 5.41) is 31.0. The van der Waals surface area contributed by atoms with Crippen LogP contribution < -0.4 is 4.74 Å². The van der Waals surface area contributed by atoms with Crippen LogP contribution >= 0.6 is 0 Å². The molecule has 3 rings (SSSR count). The number of Topliss-reactive ketones (excluding diaryl/α,β-unsaturated/α-hetero) is 1. The smallest absolute Gasteiger partial charge is 0.339 e. The second-order valence-corrected chi connectivity index (χ2v) is 7.40. The largest absolute Gasteiger partial charge is 0.508 e. The van der Waals surface area contributed by atoms with Gasteiger partial charge in [0.05, 0.1) is 5.60 Å². The van der Waals surface area contributed by atoms with Crippen molar-refractivity contribution >= 4 is 11.8 Å². The Balaban J connectivity index is 2.23. The number of rotatable bonds is 4. The van der Waals surface area contributed by atoms with Gasteiger partial charge >= 0.3 is 5.97 Å². The van der Waals surface area contributed by atoms with Gasteiger partial charge in [-0.15, -0.1) is 0 Å². The molecular formula is C19H24O6. The number of fused-ring (bicyclic) bond motifs is 3. The Bertz CT molecular complexity index is 736. The molecule has 0 aromatic heterocycles. The molecule has 25 heavy (non-hydrogen) atoms. The van der Waals surface area contributed by atoms with Crippen molar-refractivity contribution in [2.75, 3.05) is 0 Å². The fraction of sp³-hybridized carbons (Fsp3) is 0.579. The number of aromatic hydroxyl groups is 1. The van der Waals surface area contributed by atoms with Crippen LogP contribution in [0.3, 0.4) is 0 Å². The Morgan fingerprint density at radius 2 is 2.08 bits per heavy atom. The maximum absolute atomic E-state index is 12.1. The Morgan fingerprint density at radius 3 is 2.64 bits per heavy atom. The van der Waals surface area contributed by atoms with Crippen LogP contribution in [0.5, 0.6) is 11.5 Å². The molecular weight excluding hydrogens is 324 g/mol. The fourth-order valence-corrected chi connectivity index (χ4v) is 4.36. The zero-order valence-corrected chi connectivity index (χ0v) is 14.7. The summed E-state index contributed by atoms with van der Waals surface area (Å²) in [6, 6.07) is 1.47. The van der Waals surface area contributed by atoms with E-state index in [1.807, 2.05) is 6.92 Å². The SMILES string of the molecule is CCCc1cc(O)c2c(c1C(=O)O)O[C@H]1[C@@H]2[C@H](C(C)=O)CC[C@]1(C)O. The van der Waals surface area contributed by atoms with Crippen molar-refractivity contribution in [3.05, 3.63) is 22.8 Å². The van der Waals surface area contributed by atoms with Crippen molar-refractivity contribution in [1.29, 1.82) is 0 Å². The van der Waals surface area contributed by atoms with Gasteiger partial charge in [-0.05, 0) is 44.7 Å². The zero-order valence-electron chi connectivity index (χ0n) is 14.7. The number of ketones is 1. The third kappa shape index (κ3) is 2.68. The van der Waals surface area contributed by atoms with E-state index < -0.39 is 29.5 Å².